The van der Waals surface area contributed by atoms with E-state index in [4.69, 9.17) is 17.5 Å². The zero-order chi connectivity index (χ0) is 11.5. The molecule has 0 saturated heterocycles. The lowest BCUT2D eigenvalue weighted by Gasteiger charge is -1.95. The summed E-state index contributed by atoms with van der Waals surface area (Å²) in [6, 6.07) is 5.62. The van der Waals surface area contributed by atoms with E-state index in [1.54, 1.807) is 18.5 Å². The number of aromatic amines is 2. The van der Waals surface area contributed by atoms with Crippen molar-refractivity contribution in [2.24, 2.45) is 0 Å². The van der Waals surface area contributed by atoms with Gasteiger partial charge in [-0.2, -0.15) is 10.4 Å². The van der Waals surface area contributed by atoms with Gasteiger partial charge in [-0.15, -0.1) is 0 Å². The van der Waals surface area contributed by atoms with Crippen molar-refractivity contribution < 1.29 is 0 Å². The highest BCUT2D eigenvalue weighted by atomic mass is 32.1. The first-order valence-corrected chi connectivity index (χ1v) is 4.94. The monoisotopic (exact) mass is 228 g/mol. The van der Waals surface area contributed by atoms with Crippen LogP contribution in [0.4, 0.5) is 0 Å². The first kappa shape index (κ1) is 10.3. The molecule has 0 atom stereocenters. The standard InChI is InChI=1S/C11H8N4S/c1-7(4-12)8-2-10(13-5-8)11-3-9(16)6-14-15-11/h2-3,5-6,13H,1H2,(H,15,16). The smallest absolute Gasteiger partial charge is 0.0992 e. The Bertz CT molecular complexity index is 630. The summed E-state index contributed by atoms with van der Waals surface area (Å²) in [4.78, 5) is 3.04. The molecule has 0 aliphatic carbocycles. The number of nitrogens with one attached hydrogen (secondary N) is 2. The number of H-pyrrole nitrogens is 2. The lowest BCUT2D eigenvalue weighted by atomic mass is 10.1. The van der Waals surface area contributed by atoms with Crippen LogP contribution in [0.1, 0.15) is 5.56 Å². The second-order valence-electron chi connectivity index (χ2n) is 3.22. The number of nitriles is 1. The lowest BCUT2D eigenvalue weighted by Crippen LogP contribution is -1.85. The summed E-state index contributed by atoms with van der Waals surface area (Å²) in [5.74, 6) is 0. The van der Waals surface area contributed by atoms with Crippen LogP contribution in [-0.2, 0) is 0 Å². The van der Waals surface area contributed by atoms with E-state index in [9.17, 15) is 0 Å². The van der Waals surface area contributed by atoms with Gasteiger partial charge in [0.25, 0.3) is 0 Å². The van der Waals surface area contributed by atoms with Gasteiger partial charge in [-0.1, -0.05) is 18.8 Å². The minimum Gasteiger partial charge on any atom is -0.359 e. The molecule has 4 nitrogen and oxygen atoms in total. The average molecular weight is 228 g/mol. The zero-order valence-corrected chi connectivity index (χ0v) is 9.14. The molecule has 2 heterocycles. The van der Waals surface area contributed by atoms with E-state index in [2.05, 4.69) is 21.8 Å². The Morgan fingerprint density at radius 2 is 2.25 bits per heavy atom. The van der Waals surface area contributed by atoms with Crippen molar-refractivity contribution in [1.82, 2.24) is 15.2 Å². The SMILES string of the molecule is C=C(C#N)c1c[nH]c(-c2cc(=S)cn[nH]2)c1. The molecule has 2 aromatic rings. The summed E-state index contributed by atoms with van der Waals surface area (Å²) in [5.41, 5.74) is 2.79. The largest absolute Gasteiger partial charge is 0.359 e. The second kappa shape index (κ2) is 4.13. The van der Waals surface area contributed by atoms with Gasteiger partial charge in [0.15, 0.2) is 0 Å². The average Bonchev–Trinajstić information content (AvgIpc) is 2.77. The molecule has 0 bridgehead atoms. The summed E-state index contributed by atoms with van der Waals surface area (Å²) >= 11 is 5.01. The maximum Gasteiger partial charge on any atom is 0.0992 e. The maximum atomic E-state index is 8.71. The van der Waals surface area contributed by atoms with Crippen LogP contribution in [-0.4, -0.2) is 15.2 Å². The van der Waals surface area contributed by atoms with Gasteiger partial charge in [0.1, 0.15) is 0 Å². The van der Waals surface area contributed by atoms with E-state index in [1.807, 2.05) is 12.1 Å². The van der Waals surface area contributed by atoms with Gasteiger partial charge in [0.2, 0.25) is 0 Å². The third-order valence-corrected chi connectivity index (χ3v) is 2.34. The second-order valence-corrected chi connectivity index (χ2v) is 3.69. The summed E-state index contributed by atoms with van der Waals surface area (Å²) in [6.07, 6.45) is 3.29. The molecule has 78 valence electrons. The van der Waals surface area contributed by atoms with E-state index >= 15 is 0 Å². The third kappa shape index (κ3) is 1.92. The van der Waals surface area contributed by atoms with Crippen molar-refractivity contribution in [2.75, 3.05) is 0 Å². The fourth-order valence-corrected chi connectivity index (χ4v) is 1.47. The quantitative estimate of drug-likeness (QED) is 0.613. The lowest BCUT2D eigenvalue weighted by molar-refractivity contribution is 1.03. The Morgan fingerprint density at radius 1 is 1.44 bits per heavy atom. The van der Waals surface area contributed by atoms with Crippen molar-refractivity contribution in [2.45, 2.75) is 0 Å². The van der Waals surface area contributed by atoms with Crippen molar-refractivity contribution in [3.8, 4) is 17.5 Å². The maximum absolute atomic E-state index is 8.71. The summed E-state index contributed by atoms with van der Waals surface area (Å²) in [7, 11) is 0. The fraction of sp³-hybridized carbons (Fsp3) is 0. The van der Waals surface area contributed by atoms with E-state index in [1.165, 1.54) is 0 Å². The minimum absolute atomic E-state index is 0.421. The third-order valence-electron chi connectivity index (χ3n) is 2.12. The van der Waals surface area contributed by atoms with Crippen molar-refractivity contribution >= 4 is 17.8 Å². The first-order chi connectivity index (χ1) is 7.70. The van der Waals surface area contributed by atoms with Crippen molar-refractivity contribution in [1.29, 1.82) is 5.26 Å². The van der Waals surface area contributed by atoms with Crippen LogP contribution in [0.15, 0.2) is 31.1 Å². The molecular weight excluding hydrogens is 220 g/mol. The van der Waals surface area contributed by atoms with E-state index in [-0.39, 0.29) is 0 Å². The van der Waals surface area contributed by atoms with Gasteiger partial charge in [-0.05, 0) is 12.1 Å². The predicted molar refractivity (Wildman–Crippen MR) is 63.9 cm³/mol. The summed E-state index contributed by atoms with van der Waals surface area (Å²) in [6.45, 7) is 3.64. The normalized spacial score (nSPS) is 9.69. The number of allylic oxidation sites excluding steroid dienone is 1. The molecule has 0 saturated carbocycles. The minimum atomic E-state index is 0.421. The Hall–Kier alpha value is -2.19. The highest BCUT2D eigenvalue weighted by molar-refractivity contribution is 7.71. The van der Waals surface area contributed by atoms with Crippen LogP contribution in [0.5, 0.6) is 0 Å². The number of hydrogen-bond acceptors (Lipinski definition) is 3. The first-order valence-electron chi connectivity index (χ1n) is 4.53. The molecule has 0 spiro atoms. The number of hydrogen-bond donors (Lipinski definition) is 2. The van der Waals surface area contributed by atoms with Crippen LogP contribution >= 0.6 is 12.2 Å². The van der Waals surface area contributed by atoms with E-state index in [0.29, 0.717) is 10.1 Å². The molecule has 0 unspecified atom stereocenters. The Kier molecular flexibility index (Phi) is 2.66. The molecule has 0 radical (unpaired) electrons. The summed E-state index contributed by atoms with van der Waals surface area (Å²) in [5, 5.41) is 15.4. The van der Waals surface area contributed by atoms with Crippen LogP contribution in [0, 0.1) is 15.8 Å². The van der Waals surface area contributed by atoms with Crippen LogP contribution in [0.3, 0.4) is 0 Å². The molecule has 0 fully saturated rings. The van der Waals surface area contributed by atoms with Gasteiger partial charge in [0, 0.05) is 11.8 Å². The molecule has 5 heteroatoms. The zero-order valence-electron chi connectivity index (χ0n) is 8.32. The molecule has 0 aliphatic heterocycles. The molecule has 16 heavy (non-hydrogen) atoms. The van der Waals surface area contributed by atoms with Crippen LogP contribution in [0.25, 0.3) is 17.0 Å². The Balaban J connectivity index is 2.43. The van der Waals surface area contributed by atoms with Gasteiger partial charge < -0.3 is 4.98 Å². The van der Waals surface area contributed by atoms with Gasteiger partial charge in [-0.3, -0.25) is 5.10 Å². The molecule has 0 aromatic carbocycles. The molecule has 0 amide bonds. The van der Waals surface area contributed by atoms with Crippen LogP contribution < -0.4 is 0 Å². The topological polar surface area (TPSA) is 68.3 Å². The predicted octanol–water partition coefficient (Wildman–Crippen LogP) is 2.67. The highest BCUT2D eigenvalue weighted by Crippen LogP contribution is 2.19. The molecule has 0 aliphatic rings. The van der Waals surface area contributed by atoms with Crippen molar-refractivity contribution in [3.05, 3.63) is 41.2 Å². The van der Waals surface area contributed by atoms with Crippen molar-refractivity contribution in [3.63, 3.8) is 0 Å². The molecule has 2 aromatic heterocycles. The Morgan fingerprint density at radius 3 is 2.94 bits per heavy atom. The number of rotatable bonds is 2. The Labute approximate surface area is 97.3 Å². The summed E-state index contributed by atoms with van der Waals surface area (Å²) < 4.78 is 0.656. The fourth-order valence-electron chi connectivity index (χ4n) is 1.30. The van der Waals surface area contributed by atoms with Crippen LogP contribution in [0.2, 0.25) is 0 Å². The molecular formula is C11H8N4S. The van der Waals surface area contributed by atoms with E-state index in [0.717, 1.165) is 17.0 Å². The van der Waals surface area contributed by atoms with Gasteiger partial charge in [-0.25, -0.2) is 0 Å². The molecule has 2 rings (SSSR count). The number of nitrogens with zero attached hydrogens (tertiary/aromatic N) is 2. The van der Waals surface area contributed by atoms with Gasteiger partial charge >= 0.3 is 0 Å². The molecule has 2 N–H and O–H groups in total. The number of aromatic nitrogens is 3. The van der Waals surface area contributed by atoms with E-state index < -0.39 is 0 Å². The highest BCUT2D eigenvalue weighted by Gasteiger charge is 2.04. The van der Waals surface area contributed by atoms with Gasteiger partial charge in [0.05, 0.1) is 33.7 Å².